The quantitative estimate of drug-likeness (QED) is 0.123. The summed E-state index contributed by atoms with van der Waals surface area (Å²) in [6.07, 6.45) is 0. The van der Waals surface area contributed by atoms with Crippen LogP contribution in [0.25, 0.3) is 98.0 Å². The number of benzene rings is 12. The molecule has 0 radical (unpaired) electrons. The molecule has 0 N–H and O–H groups in total. The van der Waals surface area contributed by atoms with Crippen molar-refractivity contribution in [3.63, 3.8) is 0 Å². The average molecular weight is 771 g/mol. The molecule has 0 fully saturated rings. The Morgan fingerprint density at radius 3 is 1.16 bits per heavy atom. The highest BCUT2D eigenvalue weighted by atomic mass is 14.5. The van der Waals surface area contributed by atoms with E-state index in [-0.39, 0.29) is 0 Å². The molecule has 0 saturated heterocycles. The zero-order valence-corrected chi connectivity index (χ0v) is 33.4. The van der Waals surface area contributed by atoms with E-state index in [4.69, 9.17) is 0 Å². The Hall–Kier alpha value is -7.80. The summed E-state index contributed by atoms with van der Waals surface area (Å²) in [5.41, 5.74) is 12.3. The average Bonchev–Trinajstić information content (AvgIpc) is 3.66. The van der Waals surface area contributed by atoms with Gasteiger partial charge in [-0.3, -0.25) is 0 Å². The summed E-state index contributed by atoms with van der Waals surface area (Å²) in [5.74, 6) is 0. The van der Waals surface area contributed by atoms with Gasteiger partial charge in [-0.15, -0.1) is 0 Å². The molecule has 0 amide bonds. The van der Waals surface area contributed by atoms with Crippen molar-refractivity contribution in [3.8, 4) is 33.4 Å². The first-order valence-electron chi connectivity index (χ1n) is 21.4. The molecule has 0 aromatic heterocycles. The fourth-order valence-corrected chi connectivity index (χ4v) is 11.4. The number of fused-ring (bicyclic) bond motifs is 13. The van der Waals surface area contributed by atoms with E-state index in [1.54, 1.807) is 0 Å². The van der Waals surface area contributed by atoms with Crippen LogP contribution in [0, 0.1) is 0 Å². The van der Waals surface area contributed by atoms with E-state index in [9.17, 15) is 0 Å². The molecule has 0 saturated carbocycles. The Kier molecular flexibility index (Phi) is 7.32. The molecule has 12 aromatic rings. The lowest BCUT2D eigenvalue weighted by molar-refractivity contribution is 0.777. The first-order valence-corrected chi connectivity index (χ1v) is 21.4. The van der Waals surface area contributed by atoms with Crippen molar-refractivity contribution < 1.29 is 0 Å². The lowest BCUT2D eigenvalue weighted by atomic mass is 9.66. The normalized spacial score (nSPS) is 13.0. The highest BCUT2D eigenvalue weighted by Gasteiger charge is 2.49. The predicted octanol–water partition coefficient (Wildman–Crippen LogP) is 16.3. The molecule has 0 aliphatic heterocycles. The molecule has 0 heteroatoms. The number of hydrogen-bond acceptors (Lipinski definition) is 0. The van der Waals surface area contributed by atoms with Crippen molar-refractivity contribution in [2.45, 2.75) is 5.41 Å². The zero-order chi connectivity index (χ0) is 40.1. The van der Waals surface area contributed by atoms with Crippen molar-refractivity contribution in [1.82, 2.24) is 0 Å². The number of hydrogen-bond donors (Lipinski definition) is 0. The van der Waals surface area contributed by atoms with Gasteiger partial charge in [-0.25, -0.2) is 0 Å². The van der Waals surface area contributed by atoms with Crippen molar-refractivity contribution in [3.05, 3.63) is 253 Å². The van der Waals surface area contributed by atoms with Gasteiger partial charge in [0.05, 0.1) is 5.41 Å². The molecule has 61 heavy (non-hydrogen) atoms. The maximum absolute atomic E-state index is 2.60. The second-order valence-corrected chi connectivity index (χ2v) is 16.6. The molecular formula is C61H38. The van der Waals surface area contributed by atoms with E-state index in [2.05, 4.69) is 231 Å². The van der Waals surface area contributed by atoms with Crippen LogP contribution in [0.1, 0.15) is 22.3 Å². The number of rotatable bonds is 4. The zero-order valence-electron chi connectivity index (χ0n) is 33.4. The van der Waals surface area contributed by atoms with Crippen LogP contribution in [0.2, 0.25) is 0 Å². The molecule has 282 valence electrons. The van der Waals surface area contributed by atoms with E-state index in [1.165, 1.54) is 120 Å². The smallest absolute Gasteiger partial charge is 0.0622 e. The molecule has 0 spiro atoms. The summed E-state index contributed by atoms with van der Waals surface area (Å²) >= 11 is 0. The summed E-state index contributed by atoms with van der Waals surface area (Å²) in [4.78, 5) is 0. The fraction of sp³-hybridized carbons (Fsp3) is 0.0164. The summed E-state index contributed by atoms with van der Waals surface area (Å²) in [6, 6.07) is 86.4. The van der Waals surface area contributed by atoms with Crippen LogP contribution < -0.4 is 0 Å². The summed E-state index contributed by atoms with van der Waals surface area (Å²) < 4.78 is 0. The molecule has 0 bridgehead atoms. The largest absolute Gasteiger partial charge is 0.0720 e. The molecule has 1 aliphatic carbocycles. The van der Waals surface area contributed by atoms with E-state index in [0.717, 1.165) is 0 Å². The van der Waals surface area contributed by atoms with Crippen LogP contribution in [0.5, 0.6) is 0 Å². The third kappa shape index (κ3) is 4.65. The Morgan fingerprint density at radius 2 is 0.607 bits per heavy atom. The summed E-state index contributed by atoms with van der Waals surface area (Å²) in [7, 11) is 0. The molecule has 0 unspecified atom stereocenters. The first-order chi connectivity index (χ1) is 30.3. The van der Waals surface area contributed by atoms with Crippen LogP contribution in [-0.2, 0) is 5.41 Å². The van der Waals surface area contributed by atoms with Gasteiger partial charge in [0.1, 0.15) is 0 Å². The standard InChI is InChI=1S/C61H38/c1-3-22-40(23-4-1)61(41-24-5-2-6-25-41)55-38-54(45-29-10-12-30-47(45)58(55)59-48-31-13-9-27-43(48)44-28-11-18-36-53(44)60(59)61)57-51-34-16-14-32-49(51)56(50-33-15-17-35-52(50)57)46-37-19-21-39-20-7-8-26-42(39)46/h1-38H. The molecular weight excluding hydrogens is 733 g/mol. The molecule has 0 atom stereocenters. The van der Waals surface area contributed by atoms with Gasteiger partial charge >= 0.3 is 0 Å². The third-order valence-corrected chi connectivity index (χ3v) is 13.7. The van der Waals surface area contributed by atoms with Crippen molar-refractivity contribution >= 4 is 64.6 Å². The summed E-state index contributed by atoms with van der Waals surface area (Å²) in [5, 5.41) is 15.2. The lowest BCUT2D eigenvalue weighted by Gasteiger charge is -2.35. The van der Waals surface area contributed by atoms with E-state index >= 15 is 0 Å². The van der Waals surface area contributed by atoms with Crippen LogP contribution in [0.4, 0.5) is 0 Å². The van der Waals surface area contributed by atoms with Gasteiger partial charge in [-0.1, -0.05) is 224 Å². The van der Waals surface area contributed by atoms with Crippen LogP contribution in [0.3, 0.4) is 0 Å². The SMILES string of the molecule is c1ccc(C2(c3ccccc3)c3cc(-c4c5ccccc5c(-c5cccc6ccccc56)c5ccccc45)c4ccccc4c3-c3c2c2ccccc2c2ccccc32)cc1. The van der Waals surface area contributed by atoms with Crippen LogP contribution in [-0.4, -0.2) is 0 Å². The fourth-order valence-electron chi connectivity index (χ4n) is 11.4. The third-order valence-electron chi connectivity index (χ3n) is 13.7. The highest BCUT2D eigenvalue weighted by molar-refractivity contribution is 6.28. The lowest BCUT2D eigenvalue weighted by Crippen LogP contribution is -2.29. The minimum Gasteiger partial charge on any atom is -0.0622 e. The predicted molar refractivity (Wildman–Crippen MR) is 260 cm³/mol. The minimum atomic E-state index is -0.621. The van der Waals surface area contributed by atoms with Gasteiger partial charge in [0.15, 0.2) is 0 Å². The van der Waals surface area contributed by atoms with Crippen molar-refractivity contribution in [2.75, 3.05) is 0 Å². The van der Waals surface area contributed by atoms with Crippen molar-refractivity contribution in [2.24, 2.45) is 0 Å². The van der Waals surface area contributed by atoms with E-state index < -0.39 is 5.41 Å². The van der Waals surface area contributed by atoms with Gasteiger partial charge in [0.2, 0.25) is 0 Å². The maximum Gasteiger partial charge on any atom is 0.0720 e. The Bertz CT molecular complexity index is 3640. The molecule has 0 nitrogen and oxygen atoms in total. The van der Waals surface area contributed by atoms with Crippen LogP contribution in [0.15, 0.2) is 231 Å². The van der Waals surface area contributed by atoms with E-state index in [0.29, 0.717) is 0 Å². The van der Waals surface area contributed by atoms with Gasteiger partial charge < -0.3 is 0 Å². The molecule has 12 aromatic carbocycles. The Morgan fingerprint density at radius 1 is 0.230 bits per heavy atom. The second kappa shape index (κ2) is 13.1. The summed E-state index contributed by atoms with van der Waals surface area (Å²) in [6.45, 7) is 0. The maximum atomic E-state index is 2.60. The second-order valence-electron chi connectivity index (χ2n) is 16.6. The topological polar surface area (TPSA) is 0 Å². The van der Waals surface area contributed by atoms with Gasteiger partial charge in [-0.2, -0.15) is 0 Å². The van der Waals surface area contributed by atoms with Gasteiger partial charge in [-0.05, 0) is 126 Å². The highest BCUT2D eigenvalue weighted by Crippen LogP contribution is 2.63. The van der Waals surface area contributed by atoms with Crippen molar-refractivity contribution in [1.29, 1.82) is 0 Å². The molecule has 1 aliphatic rings. The van der Waals surface area contributed by atoms with Crippen LogP contribution >= 0.6 is 0 Å². The van der Waals surface area contributed by atoms with E-state index in [1.807, 2.05) is 0 Å². The monoisotopic (exact) mass is 770 g/mol. The van der Waals surface area contributed by atoms with Gasteiger partial charge in [0.25, 0.3) is 0 Å². The molecule has 0 heterocycles. The Labute approximate surface area is 354 Å². The Balaban J connectivity index is 1.26. The molecule has 13 rings (SSSR count). The first kappa shape index (κ1) is 34.1. The van der Waals surface area contributed by atoms with Gasteiger partial charge in [0, 0.05) is 0 Å². The minimum absolute atomic E-state index is 0.621.